The summed E-state index contributed by atoms with van der Waals surface area (Å²) in [6.07, 6.45) is 1.66. The third-order valence-electron chi connectivity index (χ3n) is 2.85. The zero-order valence-corrected chi connectivity index (χ0v) is 14.0. The molecule has 0 aliphatic carbocycles. The Morgan fingerprint density at radius 1 is 1.36 bits per heavy atom. The van der Waals surface area contributed by atoms with Crippen LogP contribution in [0.5, 0.6) is 5.75 Å². The highest BCUT2D eigenvalue weighted by Crippen LogP contribution is 2.32. The molecule has 0 atom stereocenters. The molecule has 1 aromatic rings. The van der Waals surface area contributed by atoms with Crippen molar-refractivity contribution < 1.29 is 22.5 Å². The Hall–Kier alpha value is -1.42. The minimum absolute atomic E-state index is 0.226. The molecule has 0 spiro atoms. The molecule has 0 radical (unpaired) electrons. The number of hydrogen-bond donors (Lipinski definition) is 0. The zero-order valence-electron chi connectivity index (χ0n) is 11.5. The molecule has 0 bridgehead atoms. The van der Waals surface area contributed by atoms with Gasteiger partial charge in [0.2, 0.25) is 0 Å². The second kappa shape index (κ2) is 6.78. The van der Waals surface area contributed by atoms with Crippen molar-refractivity contribution in [3.63, 3.8) is 0 Å². The van der Waals surface area contributed by atoms with E-state index >= 15 is 0 Å². The third-order valence-corrected chi connectivity index (χ3v) is 4.91. The number of amides is 1. The zero-order chi connectivity index (χ0) is 16.3. The minimum Gasteiger partial charge on any atom is -0.748 e. The lowest BCUT2D eigenvalue weighted by Gasteiger charge is -2.15. The molecule has 1 aromatic carbocycles. The number of benzene rings is 1. The van der Waals surface area contributed by atoms with Gasteiger partial charge in [0.05, 0.1) is 27.9 Å². The topological polar surface area (TPSA) is 86.7 Å². The predicted octanol–water partition coefficient (Wildman–Crippen LogP) is 1.44. The van der Waals surface area contributed by atoms with E-state index in [0.717, 1.165) is 22.2 Å². The summed E-state index contributed by atoms with van der Waals surface area (Å²) in [5.74, 6) is -0.352. The van der Waals surface area contributed by atoms with Crippen molar-refractivity contribution in [1.82, 2.24) is 4.90 Å². The highest BCUT2D eigenvalue weighted by molar-refractivity contribution is 8.26. The van der Waals surface area contributed by atoms with Gasteiger partial charge in [-0.25, -0.2) is 8.42 Å². The van der Waals surface area contributed by atoms with E-state index in [1.54, 1.807) is 37.5 Å². The van der Waals surface area contributed by atoms with Gasteiger partial charge in [0, 0.05) is 6.54 Å². The van der Waals surface area contributed by atoms with Gasteiger partial charge in [-0.3, -0.25) is 9.69 Å². The fourth-order valence-corrected chi connectivity index (χ4v) is 3.46. The highest BCUT2D eigenvalue weighted by atomic mass is 32.2. The quantitative estimate of drug-likeness (QED) is 0.447. The monoisotopic (exact) mass is 358 g/mol. The number of thioether (sulfide) groups is 1. The summed E-state index contributed by atoms with van der Waals surface area (Å²) in [7, 11) is -2.83. The van der Waals surface area contributed by atoms with Crippen LogP contribution in [0.15, 0.2) is 29.2 Å². The Kier molecular flexibility index (Phi) is 5.22. The number of methoxy groups -OCH3 is 1. The molecule has 0 saturated carbocycles. The van der Waals surface area contributed by atoms with Gasteiger partial charge in [-0.05, 0) is 23.8 Å². The summed E-state index contributed by atoms with van der Waals surface area (Å²) >= 11 is 6.13. The first-order valence-corrected chi connectivity index (χ1v) is 8.93. The number of carbonyl (C=O) groups excluding carboxylic acids is 1. The molecular formula is C13H12NO5S3-. The van der Waals surface area contributed by atoms with Gasteiger partial charge >= 0.3 is 0 Å². The van der Waals surface area contributed by atoms with Crippen molar-refractivity contribution >= 4 is 50.4 Å². The first kappa shape index (κ1) is 16.9. The first-order chi connectivity index (χ1) is 10.3. The van der Waals surface area contributed by atoms with E-state index in [0.29, 0.717) is 10.7 Å². The van der Waals surface area contributed by atoms with E-state index in [4.69, 9.17) is 17.0 Å². The minimum atomic E-state index is -4.39. The number of thiocarbonyl (C=S) groups is 1. The number of rotatable bonds is 5. The van der Waals surface area contributed by atoms with Crippen LogP contribution in [-0.2, 0) is 14.9 Å². The van der Waals surface area contributed by atoms with Crippen LogP contribution in [0, 0.1) is 0 Å². The average Bonchev–Trinajstić information content (AvgIpc) is 2.71. The number of nitrogens with zero attached hydrogens (tertiary/aromatic N) is 1. The Morgan fingerprint density at radius 2 is 2.00 bits per heavy atom. The van der Waals surface area contributed by atoms with Crippen LogP contribution in [0.3, 0.4) is 0 Å². The van der Waals surface area contributed by atoms with Crippen molar-refractivity contribution in [3.05, 3.63) is 34.7 Å². The van der Waals surface area contributed by atoms with Gasteiger partial charge in [-0.15, -0.1) is 0 Å². The van der Waals surface area contributed by atoms with Crippen LogP contribution < -0.4 is 4.74 Å². The summed E-state index contributed by atoms with van der Waals surface area (Å²) < 4.78 is 37.3. The molecule has 1 fully saturated rings. The normalized spacial score (nSPS) is 17.4. The molecule has 1 aliphatic rings. The van der Waals surface area contributed by atoms with Crippen molar-refractivity contribution in [2.75, 3.05) is 19.4 Å². The summed E-state index contributed by atoms with van der Waals surface area (Å²) in [5.41, 5.74) is 0.790. The smallest absolute Gasteiger partial charge is 0.266 e. The SMILES string of the molecule is COc1ccc(/C=C2\SC(=S)N(CCS(=O)(=O)[O-])C2=O)cc1. The number of carbonyl (C=O) groups is 1. The third kappa shape index (κ3) is 4.29. The summed E-state index contributed by atoms with van der Waals surface area (Å²) in [6.45, 7) is -0.226. The summed E-state index contributed by atoms with van der Waals surface area (Å²) in [5, 5.41) is 0. The van der Waals surface area contributed by atoms with E-state index in [2.05, 4.69) is 0 Å². The van der Waals surface area contributed by atoms with Crippen molar-refractivity contribution in [3.8, 4) is 5.75 Å². The maximum atomic E-state index is 12.2. The van der Waals surface area contributed by atoms with Crippen LogP contribution >= 0.6 is 24.0 Å². The van der Waals surface area contributed by atoms with Gasteiger partial charge < -0.3 is 9.29 Å². The van der Waals surface area contributed by atoms with Crippen LogP contribution in [0.25, 0.3) is 6.08 Å². The molecule has 6 nitrogen and oxygen atoms in total. The molecular weight excluding hydrogens is 346 g/mol. The summed E-state index contributed by atoms with van der Waals surface area (Å²) in [6, 6.07) is 7.09. The van der Waals surface area contributed by atoms with E-state index in [1.807, 2.05) is 0 Å². The summed E-state index contributed by atoms with van der Waals surface area (Å²) in [4.78, 5) is 13.7. The molecule has 118 valence electrons. The van der Waals surface area contributed by atoms with Crippen LogP contribution in [0.1, 0.15) is 5.56 Å². The van der Waals surface area contributed by atoms with Crippen LogP contribution in [0.4, 0.5) is 0 Å². The first-order valence-electron chi connectivity index (χ1n) is 6.13. The fourth-order valence-electron chi connectivity index (χ4n) is 1.75. The van der Waals surface area contributed by atoms with Gasteiger partial charge in [0.1, 0.15) is 10.1 Å². The van der Waals surface area contributed by atoms with E-state index in [-0.39, 0.29) is 10.9 Å². The Bertz CT molecular complexity index is 725. The lowest BCUT2D eigenvalue weighted by atomic mass is 10.2. The molecule has 1 heterocycles. The van der Waals surface area contributed by atoms with Crippen molar-refractivity contribution in [1.29, 1.82) is 0 Å². The molecule has 0 N–H and O–H groups in total. The maximum Gasteiger partial charge on any atom is 0.266 e. The number of hydrogen-bond acceptors (Lipinski definition) is 7. The van der Waals surface area contributed by atoms with Gasteiger partial charge in [0.15, 0.2) is 0 Å². The van der Waals surface area contributed by atoms with Gasteiger partial charge in [-0.2, -0.15) is 0 Å². The maximum absolute atomic E-state index is 12.2. The van der Waals surface area contributed by atoms with Crippen molar-refractivity contribution in [2.45, 2.75) is 0 Å². The van der Waals surface area contributed by atoms with E-state index in [9.17, 15) is 17.8 Å². The Morgan fingerprint density at radius 3 is 2.55 bits per heavy atom. The Balaban J connectivity index is 2.14. The van der Waals surface area contributed by atoms with Crippen LogP contribution in [-0.4, -0.2) is 47.5 Å². The van der Waals surface area contributed by atoms with E-state index < -0.39 is 21.8 Å². The average molecular weight is 358 g/mol. The lowest BCUT2D eigenvalue weighted by Crippen LogP contribution is -2.32. The molecule has 9 heteroatoms. The number of ether oxygens (including phenoxy) is 1. The molecule has 1 amide bonds. The van der Waals surface area contributed by atoms with Gasteiger partial charge in [0.25, 0.3) is 5.91 Å². The van der Waals surface area contributed by atoms with Crippen molar-refractivity contribution in [2.24, 2.45) is 0 Å². The predicted molar refractivity (Wildman–Crippen MR) is 87.4 cm³/mol. The van der Waals surface area contributed by atoms with Gasteiger partial charge in [-0.1, -0.05) is 36.1 Å². The highest BCUT2D eigenvalue weighted by Gasteiger charge is 2.31. The second-order valence-corrected chi connectivity index (χ2v) is 7.57. The molecule has 2 rings (SSSR count). The fraction of sp³-hybridized carbons (Fsp3) is 0.231. The Labute approximate surface area is 137 Å². The van der Waals surface area contributed by atoms with E-state index in [1.165, 1.54) is 0 Å². The standard InChI is InChI=1S/C13H13NO5S3/c1-19-10-4-2-9(3-5-10)8-11-12(15)14(13(20)21-11)6-7-22(16,17)18/h2-5,8H,6-7H2,1H3,(H,16,17,18)/p-1/b11-8-. The molecule has 0 aromatic heterocycles. The van der Waals surface area contributed by atoms with Crippen LogP contribution in [0.2, 0.25) is 0 Å². The molecule has 1 saturated heterocycles. The second-order valence-electron chi connectivity index (χ2n) is 4.37. The largest absolute Gasteiger partial charge is 0.748 e. The molecule has 0 unspecified atom stereocenters. The molecule has 1 aliphatic heterocycles. The lowest BCUT2D eigenvalue weighted by molar-refractivity contribution is -0.121. The molecule has 22 heavy (non-hydrogen) atoms.